The summed E-state index contributed by atoms with van der Waals surface area (Å²) in [5, 5.41) is 1.09. The Hall–Kier alpha value is -0.323. The van der Waals surface area contributed by atoms with E-state index in [2.05, 4.69) is 49.8 Å². The number of alkyl halides is 1. The highest BCUT2D eigenvalue weighted by Gasteiger charge is 2.39. The molecule has 0 saturated heterocycles. The molecule has 0 unspecified atom stereocenters. The molecule has 1 aromatic rings. The van der Waals surface area contributed by atoms with Crippen LogP contribution in [0.4, 0.5) is 0 Å². The number of Topliss-reactive ketones (excluding diaryl/α,β-unsaturated/α-hetero) is 1. The number of halogens is 2. The Labute approximate surface area is 136 Å². The van der Waals surface area contributed by atoms with Crippen LogP contribution in [0.3, 0.4) is 0 Å². The van der Waals surface area contributed by atoms with Crippen LogP contribution >= 0.6 is 27.5 Å². The van der Waals surface area contributed by atoms with Crippen molar-refractivity contribution in [1.82, 2.24) is 0 Å². The summed E-state index contributed by atoms with van der Waals surface area (Å²) in [6.07, 6.45) is 0.352. The van der Waals surface area contributed by atoms with Crippen LogP contribution in [0.25, 0.3) is 0 Å². The molecule has 0 amide bonds. The van der Waals surface area contributed by atoms with Crippen LogP contribution < -0.4 is 4.43 Å². The number of ketones is 1. The van der Waals surface area contributed by atoms with E-state index < -0.39 is 8.32 Å². The van der Waals surface area contributed by atoms with Gasteiger partial charge in [-0.25, -0.2) is 0 Å². The fourth-order valence-corrected chi connectivity index (χ4v) is 2.90. The minimum absolute atomic E-state index is 0.116. The Morgan fingerprint density at radius 3 is 2.40 bits per heavy atom. The van der Waals surface area contributed by atoms with Gasteiger partial charge >= 0.3 is 0 Å². The van der Waals surface area contributed by atoms with E-state index in [-0.39, 0.29) is 10.8 Å². The number of carbonyl (C=O) groups is 1. The van der Waals surface area contributed by atoms with Gasteiger partial charge in [-0.1, -0.05) is 54.4 Å². The summed E-state index contributed by atoms with van der Waals surface area (Å²) in [5.74, 6) is 0.904. The zero-order valence-corrected chi connectivity index (χ0v) is 16.1. The molecular formula is C15H22BrClO2Si. The molecule has 1 aromatic carbocycles. The van der Waals surface area contributed by atoms with E-state index in [1.165, 1.54) is 0 Å². The largest absolute Gasteiger partial charge is 0.543 e. The molecule has 112 valence electrons. The molecule has 0 radical (unpaired) electrons. The van der Waals surface area contributed by atoms with Crippen molar-refractivity contribution in [2.75, 3.05) is 5.33 Å². The third kappa shape index (κ3) is 4.60. The molecule has 0 heterocycles. The summed E-state index contributed by atoms with van der Waals surface area (Å²) in [7, 11) is -1.86. The van der Waals surface area contributed by atoms with E-state index in [0.29, 0.717) is 16.8 Å². The lowest BCUT2D eigenvalue weighted by Crippen LogP contribution is -2.43. The fraction of sp³-hybridized carbons (Fsp3) is 0.533. The predicted molar refractivity (Wildman–Crippen MR) is 91.8 cm³/mol. The molecule has 0 aliphatic carbocycles. The second kappa shape index (κ2) is 6.63. The predicted octanol–water partition coefficient (Wildman–Crippen LogP) is 5.23. The number of hydrogen-bond acceptors (Lipinski definition) is 2. The summed E-state index contributed by atoms with van der Waals surface area (Å²) >= 11 is 9.40. The Bertz CT molecular complexity index is 495. The van der Waals surface area contributed by atoms with Gasteiger partial charge in [-0.15, -0.1) is 0 Å². The van der Waals surface area contributed by atoms with Crippen molar-refractivity contribution in [1.29, 1.82) is 0 Å². The second-order valence-electron chi connectivity index (χ2n) is 6.46. The van der Waals surface area contributed by atoms with Gasteiger partial charge in [0.05, 0.1) is 5.33 Å². The molecule has 20 heavy (non-hydrogen) atoms. The van der Waals surface area contributed by atoms with Gasteiger partial charge in [0.15, 0.2) is 0 Å². The second-order valence-corrected chi connectivity index (χ2v) is 12.2. The fourth-order valence-electron chi connectivity index (χ4n) is 1.44. The molecule has 0 aliphatic heterocycles. The average Bonchev–Trinajstić information content (AvgIpc) is 2.30. The minimum atomic E-state index is -1.86. The first kappa shape index (κ1) is 17.7. The summed E-state index contributed by atoms with van der Waals surface area (Å²) in [6.45, 7) is 11.0. The van der Waals surface area contributed by atoms with Gasteiger partial charge < -0.3 is 4.43 Å². The maximum Gasteiger partial charge on any atom is 0.250 e. The Balaban J connectivity index is 2.91. The van der Waals surface area contributed by atoms with E-state index >= 15 is 0 Å². The van der Waals surface area contributed by atoms with E-state index in [4.69, 9.17) is 16.0 Å². The molecule has 0 bridgehead atoms. The molecule has 0 N–H and O–H groups in total. The topological polar surface area (TPSA) is 26.3 Å². The van der Waals surface area contributed by atoms with Crippen molar-refractivity contribution in [2.45, 2.75) is 45.3 Å². The summed E-state index contributed by atoms with van der Waals surface area (Å²) in [4.78, 5) is 11.4. The monoisotopic (exact) mass is 376 g/mol. The molecule has 1 rings (SSSR count). The molecule has 5 heteroatoms. The van der Waals surface area contributed by atoms with Crippen molar-refractivity contribution < 1.29 is 9.22 Å². The average molecular weight is 378 g/mol. The molecular weight excluding hydrogens is 356 g/mol. The lowest BCUT2D eigenvalue weighted by atomic mass is 10.1. The number of rotatable bonds is 5. The van der Waals surface area contributed by atoms with Gasteiger partial charge in [0, 0.05) is 11.4 Å². The van der Waals surface area contributed by atoms with Crippen LogP contribution in [-0.2, 0) is 11.2 Å². The number of hydrogen-bond donors (Lipinski definition) is 0. The van der Waals surface area contributed by atoms with E-state index in [9.17, 15) is 4.79 Å². The standard InChI is InChI=1S/C15H22BrClO2Si/c1-15(2,3)20(4,5)19-13-7-6-11(14(17)9-13)8-12(18)10-16/h6-7,9H,8,10H2,1-5H3. The van der Waals surface area contributed by atoms with Crippen molar-refractivity contribution in [3.8, 4) is 5.75 Å². The summed E-state index contributed by atoms with van der Waals surface area (Å²) < 4.78 is 6.19. The molecule has 0 atom stereocenters. The van der Waals surface area contributed by atoms with Crippen LogP contribution in [0.2, 0.25) is 23.2 Å². The van der Waals surface area contributed by atoms with E-state index in [1.54, 1.807) is 0 Å². The van der Waals surface area contributed by atoms with Gasteiger partial charge in [0.25, 0.3) is 0 Å². The number of carbonyl (C=O) groups excluding carboxylic acids is 1. The molecule has 0 saturated carbocycles. The number of benzene rings is 1. The first-order valence-corrected chi connectivity index (χ1v) is 11.0. The lowest BCUT2D eigenvalue weighted by molar-refractivity contribution is -0.115. The SMILES string of the molecule is CC(C)(C)[Si](C)(C)Oc1ccc(CC(=O)CBr)c(Cl)c1. The molecule has 0 aliphatic rings. The van der Waals surface area contributed by atoms with Gasteiger partial charge in [-0.3, -0.25) is 4.79 Å². The van der Waals surface area contributed by atoms with Crippen LogP contribution in [-0.4, -0.2) is 19.4 Å². The van der Waals surface area contributed by atoms with Crippen LogP contribution in [0.1, 0.15) is 26.3 Å². The molecule has 0 spiro atoms. The van der Waals surface area contributed by atoms with Crippen LogP contribution in [0.15, 0.2) is 18.2 Å². The molecule has 0 aromatic heterocycles. The third-order valence-electron chi connectivity index (χ3n) is 3.74. The van der Waals surface area contributed by atoms with Crippen molar-refractivity contribution in [2.24, 2.45) is 0 Å². The van der Waals surface area contributed by atoms with Gasteiger partial charge in [-0.2, -0.15) is 0 Å². The first-order chi connectivity index (χ1) is 9.06. The Morgan fingerprint density at radius 1 is 1.35 bits per heavy atom. The van der Waals surface area contributed by atoms with Gasteiger partial charge in [-0.05, 0) is 35.8 Å². The highest BCUT2D eigenvalue weighted by molar-refractivity contribution is 9.09. The maximum absolute atomic E-state index is 11.4. The van der Waals surface area contributed by atoms with E-state index in [1.807, 2.05) is 18.2 Å². The summed E-state index contributed by atoms with van der Waals surface area (Å²) in [6, 6.07) is 5.60. The minimum Gasteiger partial charge on any atom is -0.543 e. The Kier molecular flexibility index (Phi) is 5.87. The zero-order chi connectivity index (χ0) is 15.6. The lowest BCUT2D eigenvalue weighted by Gasteiger charge is -2.36. The quantitative estimate of drug-likeness (QED) is 0.518. The summed E-state index contributed by atoms with van der Waals surface area (Å²) in [5.41, 5.74) is 0.846. The highest BCUT2D eigenvalue weighted by atomic mass is 79.9. The van der Waals surface area contributed by atoms with Crippen LogP contribution in [0, 0.1) is 0 Å². The van der Waals surface area contributed by atoms with Gasteiger partial charge in [0.1, 0.15) is 11.5 Å². The first-order valence-electron chi connectivity index (χ1n) is 6.62. The molecule has 2 nitrogen and oxygen atoms in total. The zero-order valence-electron chi connectivity index (χ0n) is 12.7. The Morgan fingerprint density at radius 2 is 1.95 bits per heavy atom. The van der Waals surface area contributed by atoms with Gasteiger partial charge in [0.2, 0.25) is 8.32 Å². The highest BCUT2D eigenvalue weighted by Crippen LogP contribution is 2.38. The van der Waals surface area contributed by atoms with E-state index in [0.717, 1.165) is 11.3 Å². The van der Waals surface area contributed by atoms with Crippen LogP contribution in [0.5, 0.6) is 5.75 Å². The van der Waals surface area contributed by atoms with Crippen molar-refractivity contribution >= 4 is 41.6 Å². The maximum atomic E-state index is 11.4. The van der Waals surface area contributed by atoms with Crippen molar-refractivity contribution in [3.63, 3.8) is 0 Å². The van der Waals surface area contributed by atoms with Crippen molar-refractivity contribution in [3.05, 3.63) is 28.8 Å². The normalized spacial score (nSPS) is 12.3. The smallest absolute Gasteiger partial charge is 0.250 e. The molecule has 0 fully saturated rings. The third-order valence-corrected chi connectivity index (χ3v) is 9.08.